The quantitative estimate of drug-likeness (QED) is 0.685. The van der Waals surface area contributed by atoms with Crippen molar-refractivity contribution in [3.8, 4) is 5.75 Å². The first-order chi connectivity index (χ1) is 10.1. The number of anilines is 1. The van der Waals surface area contributed by atoms with Crippen molar-refractivity contribution in [2.24, 2.45) is 0 Å². The first kappa shape index (κ1) is 13.8. The lowest BCUT2D eigenvalue weighted by Crippen LogP contribution is -2.51. The van der Waals surface area contributed by atoms with E-state index in [9.17, 15) is 14.7 Å². The first-order valence-electron chi connectivity index (χ1n) is 6.77. The van der Waals surface area contributed by atoms with Crippen LogP contribution in [0, 0.1) is 0 Å². The average molecular weight is 292 g/mol. The molecule has 0 spiro atoms. The van der Waals surface area contributed by atoms with Gasteiger partial charge in [-0.05, 0) is 18.6 Å². The van der Waals surface area contributed by atoms with Gasteiger partial charge in [-0.25, -0.2) is 4.79 Å². The lowest BCUT2D eigenvalue weighted by Gasteiger charge is -2.34. The van der Waals surface area contributed by atoms with E-state index >= 15 is 0 Å². The predicted molar refractivity (Wildman–Crippen MR) is 73.3 cm³/mol. The molecular weight excluding hydrogens is 276 g/mol. The molecule has 7 heteroatoms. The number of ether oxygens (including phenoxy) is 1. The molecule has 7 nitrogen and oxygen atoms in total. The number of carboxylic acid groups (broad SMARTS) is 1. The number of para-hydroxylation sites is 2. The Kier molecular flexibility index (Phi) is 3.52. The molecular formula is C14H16N2O5. The minimum Gasteiger partial charge on any atom is -0.478 e. The summed E-state index contributed by atoms with van der Waals surface area (Å²) >= 11 is 0. The minimum atomic E-state index is -1.11. The number of hydrogen-bond acceptors (Lipinski definition) is 5. The number of β-amino-alcohol motifs (C(OH)–C–C–N with tert-alkyl or cyclic N) is 1. The second-order valence-corrected chi connectivity index (χ2v) is 5.21. The van der Waals surface area contributed by atoms with Gasteiger partial charge >= 0.3 is 5.97 Å². The van der Waals surface area contributed by atoms with Gasteiger partial charge in [-0.1, -0.05) is 12.1 Å². The fourth-order valence-corrected chi connectivity index (χ4v) is 2.66. The van der Waals surface area contributed by atoms with Crippen molar-refractivity contribution in [2.75, 3.05) is 18.0 Å². The standard InChI is InChI=1S/C14H16N2O5/c17-8-5-9(15-6-8)13(18)16-7-12(14(19)20)21-11-4-2-1-3-10(11)16/h1-4,8-9,12,15,17H,5-7H2,(H,19,20). The Labute approximate surface area is 121 Å². The van der Waals surface area contributed by atoms with Gasteiger partial charge in [0, 0.05) is 6.54 Å². The normalized spacial score (nSPS) is 27.9. The van der Waals surface area contributed by atoms with E-state index in [1.165, 1.54) is 4.90 Å². The zero-order valence-corrected chi connectivity index (χ0v) is 11.2. The van der Waals surface area contributed by atoms with Crippen LogP contribution in [0.25, 0.3) is 0 Å². The Morgan fingerprint density at radius 2 is 2.10 bits per heavy atom. The number of aliphatic hydroxyl groups is 1. The highest BCUT2D eigenvalue weighted by atomic mass is 16.5. The molecule has 1 aromatic carbocycles. The number of nitrogens with zero attached hydrogens (tertiary/aromatic N) is 1. The van der Waals surface area contributed by atoms with Gasteiger partial charge < -0.3 is 25.2 Å². The average Bonchev–Trinajstić information content (AvgIpc) is 2.92. The zero-order chi connectivity index (χ0) is 15.0. The number of rotatable bonds is 2. The van der Waals surface area contributed by atoms with Gasteiger partial charge in [0.25, 0.3) is 0 Å². The zero-order valence-electron chi connectivity index (χ0n) is 11.2. The Morgan fingerprint density at radius 1 is 1.33 bits per heavy atom. The van der Waals surface area contributed by atoms with Crippen LogP contribution in [-0.4, -0.2) is 53.4 Å². The van der Waals surface area contributed by atoms with Gasteiger partial charge in [0.15, 0.2) is 0 Å². The Hall–Kier alpha value is -2.12. The largest absolute Gasteiger partial charge is 0.478 e. The van der Waals surface area contributed by atoms with E-state index in [2.05, 4.69) is 5.32 Å². The second kappa shape index (κ2) is 5.34. The van der Waals surface area contributed by atoms with E-state index in [4.69, 9.17) is 9.84 Å². The Balaban J connectivity index is 1.89. The van der Waals surface area contributed by atoms with Gasteiger partial charge in [-0.2, -0.15) is 0 Å². The third-order valence-corrected chi connectivity index (χ3v) is 3.72. The maximum Gasteiger partial charge on any atom is 0.346 e. The lowest BCUT2D eigenvalue weighted by molar-refractivity contribution is -0.145. The van der Waals surface area contributed by atoms with Crippen LogP contribution < -0.4 is 15.0 Å². The van der Waals surface area contributed by atoms with Crippen LogP contribution in [0.4, 0.5) is 5.69 Å². The summed E-state index contributed by atoms with van der Waals surface area (Å²) in [6.45, 7) is 0.324. The molecule has 1 aromatic rings. The van der Waals surface area contributed by atoms with Crippen molar-refractivity contribution in [3.63, 3.8) is 0 Å². The Bertz CT molecular complexity index is 576. The van der Waals surface area contributed by atoms with Crippen molar-refractivity contribution in [2.45, 2.75) is 24.7 Å². The smallest absolute Gasteiger partial charge is 0.346 e. The molecule has 3 atom stereocenters. The molecule has 0 aliphatic carbocycles. The van der Waals surface area contributed by atoms with Crippen LogP contribution in [0.1, 0.15) is 6.42 Å². The number of benzene rings is 1. The molecule has 3 N–H and O–H groups in total. The number of carbonyl (C=O) groups is 2. The third kappa shape index (κ3) is 2.57. The van der Waals surface area contributed by atoms with Crippen LogP contribution in [0.3, 0.4) is 0 Å². The van der Waals surface area contributed by atoms with Crippen molar-refractivity contribution in [1.29, 1.82) is 0 Å². The van der Waals surface area contributed by atoms with Gasteiger partial charge in [-0.15, -0.1) is 0 Å². The van der Waals surface area contributed by atoms with Crippen molar-refractivity contribution < 1.29 is 24.5 Å². The van der Waals surface area contributed by atoms with E-state index in [-0.39, 0.29) is 12.5 Å². The lowest BCUT2D eigenvalue weighted by atomic mass is 10.1. The molecule has 0 radical (unpaired) electrons. The number of aliphatic hydroxyl groups excluding tert-OH is 1. The molecule has 3 unspecified atom stereocenters. The number of hydrogen-bond donors (Lipinski definition) is 3. The van der Waals surface area contributed by atoms with E-state index in [1.807, 2.05) is 0 Å². The molecule has 1 amide bonds. The minimum absolute atomic E-state index is 0.0422. The number of fused-ring (bicyclic) bond motifs is 1. The van der Waals surface area contributed by atoms with Crippen LogP contribution in [0.5, 0.6) is 5.75 Å². The van der Waals surface area contributed by atoms with E-state index < -0.39 is 24.2 Å². The van der Waals surface area contributed by atoms with E-state index in [0.717, 1.165) is 0 Å². The number of aliphatic carboxylic acids is 1. The third-order valence-electron chi connectivity index (χ3n) is 3.72. The van der Waals surface area contributed by atoms with Gasteiger partial charge in [0.2, 0.25) is 12.0 Å². The number of nitrogens with one attached hydrogen (secondary N) is 1. The molecule has 0 aromatic heterocycles. The first-order valence-corrected chi connectivity index (χ1v) is 6.77. The number of carboxylic acids is 1. The van der Waals surface area contributed by atoms with Crippen molar-refractivity contribution in [1.82, 2.24) is 5.32 Å². The topological polar surface area (TPSA) is 99.1 Å². The van der Waals surface area contributed by atoms with Crippen LogP contribution in [-0.2, 0) is 9.59 Å². The highest BCUT2D eigenvalue weighted by Gasteiger charge is 2.38. The maximum absolute atomic E-state index is 12.6. The summed E-state index contributed by atoms with van der Waals surface area (Å²) in [7, 11) is 0. The molecule has 0 saturated carbocycles. The fourth-order valence-electron chi connectivity index (χ4n) is 2.66. The summed E-state index contributed by atoms with van der Waals surface area (Å²) in [6.07, 6.45) is -1.31. The molecule has 1 fully saturated rings. The molecule has 0 bridgehead atoms. The van der Waals surface area contributed by atoms with E-state index in [0.29, 0.717) is 24.4 Å². The molecule has 112 valence electrons. The molecule has 21 heavy (non-hydrogen) atoms. The summed E-state index contributed by atoms with van der Waals surface area (Å²) < 4.78 is 5.39. The Morgan fingerprint density at radius 3 is 2.76 bits per heavy atom. The van der Waals surface area contributed by atoms with E-state index in [1.54, 1.807) is 24.3 Å². The second-order valence-electron chi connectivity index (χ2n) is 5.21. The summed E-state index contributed by atoms with van der Waals surface area (Å²) in [6, 6.07) is 6.35. The molecule has 2 aliphatic rings. The highest BCUT2D eigenvalue weighted by molar-refractivity contribution is 6.00. The monoisotopic (exact) mass is 292 g/mol. The maximum atomic E-state index is 12.6. The molecule has 1 saturated heterocycles. The highest BCUT2D eigenvalue weighted by Crippen LogP contribution is 2.34. The summed E-state index contributed by atoms with van der Waals surface area (Å²) in [5.41, 5.74) is 0.559. The van der Waals surface area contributed by atoms with Gasteiger partial charge in [0.05, 0.1) is 24.4 Å². The van der Waals surface area contributed by atoms with Crippen LogP contribution >= 0.6 is 0 Å². The van der Waals surface area contributed by atoms with Crippen molar-refractivity contribution in [3.05, 3.63) is 24.3 Å². The summed E-state index contributed by atoms with van der Waals surface area (Å²) in [4.78, 5) is 25.2. The fraction of sp³-hybridized carbons (Fsp3) is 0.429. The predicted octanol–water partition coefficient (Wildman–Crippen LogP) is -0.412. The summed E-state index contributed by atoms with van der Waals surface area (Å²) in [5, 5.41) is 21.6. The van der Waals surface area contributed by atoms with Crippen LogP contribution in [0.15, 0.2) is 24.3 Å². The summed E-state index contributed by atoms with van der Waals surface area (Å²) in [5.74, 6) is -0.974. The number of carbonyl (C=O) groups excluding carboxylic acids is 1. The molecule has 3 rings (SSSR count). The van der Waals surface area contributed by atoms with Gasteiger partial charge in [0.1, 0.15) is 5.75 Å². The van der Waals surface area contributed by atoms with Crippen molar-refractivity contribution >= 4 is 17.6 Å². The van der Waals surface area contributed by atoms with Crippen LogP contribution in [0.2, 0.25) is 0 Å². The SMILES string of the molecule is O=C(O)C1CN(C(=O)C2CC(O)CN2)c2ccccc2O1. The molecule has 2 heterocycles. The molecule has 2 aliphatic heterocycles. The van der Waals surface area contributed by atoms with Gasteiger partial charge in [-0.3, -0.25) is 4.79 Å². The number of amides is 1.